The monoisotopic (exact) mass is 262 g/mol. The number of hydrogen-bond acceptors (Lipinski definition) is 6. The van der Waals surface area contributed by atoms with E-state index in [-0.39, 0.29) is 12.3 Å². The van der Waals surface area contributed by atoms with Crippen molar-refractivity contribution in [3.05, 3.63) is 29.4 Å². The van der Waals surface area contributed by atoms with E-state index in [1.165, 1.54) is 6.92 Å². The first-order valence-electron chi connectivity index (χ1n) is 5.53. The van der Waals surface area contributed by atoms with Crippen LogP contribution in [0.4, 0.5) is 16.6 Å². The molecule has 0 bridgehead atoms. The van der Waals surface area contributed by atoms with E-state index < -0.39 is 0 Å². The molecule has 0 unspecified atom stereocenters. The average Bonchev–Trinajstić information content (AvgIpc) is 2.78. The third-order valence-corrected chi connectivity index (χ3v) is 2.91. The molecule has 2 heterocycles. The summed E-state index contributed by atoms with van der Waals surface area (Å²) in [5.74, 6) is 2.09. The van der Waals surface area contributed by atoms with Crippen LogP contribution in [0, 0.1) is 6.92 Å². The lowest BCUT2D eigenvalue weighted by molar-refractivity contribution is -0.115. The lowest BCUT2D eigenvalue weighted by Gasteiger charge is -2.08. The fraction of sp³-hybridized carbons (Fsp3) is 0.250. The number of aryl methyl sites for hydroxylation is 1. The van der Waals surface area contributed by atoms with Gasteiger partial charge in [-0.25, -0.2) is 9.97 Å². The lowest BCUT2D eigenvalue weighted by atomic mass is 10.4. The summed E-state index contributed by atoms with van der Waals surface area (Å²) in [6, 6.07) is 5.73. The molecule has 0 aliphatic heterocycles. The number of nitrogens with zero attached hydrogens (tertiary/aromatic N) is 2. The number of hydrogen-bond donors (Lipinski definition) is 2. The molecule has 0 amide bonds. The van der Waals surface area contributed by atoms with Crippen molar-refractivity contribution >= 4 is 33.8 Å². The van der Waals surface area contributed by atoms with Gasteiger partial charge < -0.3 is 10.6 Å². The standard InChI is InChI=1S/C12H14N4OS/c1-8(17)7-13-10-6-11(15-9(2)14-10)16-12-4-3-5-18-12/h3-6H,7H2,1-2H3,(H2,13,14,15,16). The van der Waals surface area contributed by atoms with Crippen LogP contribution in [-0.4, -0.2) is 22.3 Å². The first kappa shape index (κ1) is 12.5. The zero-order valence-electron chi connectivity index (χ0n) is 10.2. The molecule has 0 aliphatic rings. The van der Waals surface area contributed by atoms with Crippen molar-refractivity contribution in [2.75, 3.05) is 17.2 Å². The van der Waals surface area contributed by atoms with Gasteiger partial charge in [0.25, 0.3) is 0 Å². The number of aromatic nitrogens is 2. The highest BCUT2D eigenvalue weighted by atomic mass is 32.1. The molecule has 2 N–H and O–H groups in total. The molecule has 2 rings (SSSR count). The molecule has 0 radical (unpaired) electrons. The van der Waals surface area contributed by atoms with Gasteiger partial charge in [0.2, 0.25) is 0 Å². The second kappa shape index (κ2) is 5.59. The van der Waals surface area contributed by atoms with E-state index in [1.807, 2.05) is 24.4 Å². The number of nitrogens with one attached hydrogen (secondary N) is 2. The van der Waals surface area contributed by atoms with E-state index in [4.69, 9.17) is 0 Å². The maximum absolute atomic E-state index is 10.9. The molecule has 6 heteroatoms. The van der Waals surface area contributed by atoms with Gasteiger partial charge >= 0.3 is 0 Å². The van der Waals surface area contributed by atoms with Crippen LogP contribution in [0.2, 0.25) is 0 Å². The Morgan fingerprint density at radius 3 is 2.83 bits per heavy atom. The van der Waals surface area contributed by atoms with Crippen LogP contribution in [0.3, 0.4) is 0 Å². The molecule has 0 atom stereocenters. The van der Waals surface area contributed by atoms with Crippen molar-refractivity contribution in [2.45, 2.75) is 13.8 Å². The highest BCUT2D eigenvalue weighted by Crippen LogP contribution is 2.21. The number of thiophene rings is 1. The smallest absolute Gasteiger partial charge is 0.148 e. The van der Waals surface area contributed by atoms with Crippen LogP contribution in [0.1, 0.15) is 12.7 Å². The minimum absolute atomic E-state index is 0.0685. The molecule has 0 aliphatic carbocycles. The summed E-state index contributed by atoms with van der Waals surface area (Å²) in [6.45, 7) is 3.62. The molecule has 18 heavy (non-hydrogen) atoms. The third-order valence-electron chi connectivity index (χ3n) is 2.13. The second-order valence-electron chi connectivity index (χ2n) is 3.84. The summed E-state index contributed by atoms with van der Waals surface area (Å²) >= 11 is 1.60. The highest BCUT2D eigenvalue weighted by Gasteiger charge is 2.03. The SMILES string of the molecule is CC(=O)CNc1cc(Nc2cccs2)nc(C)n1. The van der Waals surface area contributed by atoms with Crippen LogP contribution in [0.5, 0.6) is 0 Å². The Balaban J connectivity index is 2.13. The van der Waals surface area contributed by atoms with Gasteiger partial charge in [-0.2, -0.15) is 0 Å². The molecule has 0 saturated carbocycles. The number of carbonyl (C=O) groups is 1. The van der Waals surface area contributed by atoms with Crippen LogP contribution in [0.25, 0.3) is 0 Å². The molecular formula is C12H14N4OS. The molecule has 5 nitrogen and oxygen atoms in total. The summed E-state index contributed by atoms with van der Waals surface area (Å²) in [5.41, 5.74) is 0. The molecule has 2 aromatic rings. The van der Waals surface area contributed by atoms with Crippen molar-refractivity contribution in [3.63, 3.8) is 0 Å². The van der Waals surface area contributed by atoms with Gasteiger partial charge in [-0.15, -0.1) is 11.3 Å². The third kappa shape index (κ3) is 3.53. The van der Waals surface area contributed by atoms with Crippen molar-refractivity contribution in [2.24, 2.45) is 0 Å². The molecule has 0 saturated heterocycles. The number of rotatable bonds is 5. The van der Waals surface area contributed by atoms with Gasteiger partial charge in [0.05, 0.1) is 11.5 Å². The van der Waals surface area contributed by atoms with E-state index in [2.05, 4.69) is 20.6 Å². The van der Waals surface area contributed by atoms with Gasteiger partial charge in [-0.05, 0) is 31.4 Å². The maximum Gasteiger partial charge on any atom is 0.148 e. The quantitative estimate of drug-likeness (QED) is 0.867. The Hall–Kier alpha value is -1.95. The first-order valence-corrected chi connectivity index (χ1v) is 6.41. The molecule has 94 valence electrons. The van der Waals surface area contributed by atoms with Crippen LogP contribution < -0.4 is 10.6 Å². The van der Waals surface area contributed by atoms with Gasteiger partial charge in [0, 0.05) is 6.07 Å². The Kier molecular flexibility index (Phi) is 3.88. The van der Waals surface area contributed by atoms with Gasteiger partial charge in [0.1, 0.15) is 23.2 Å². The normalized spacial score (nSPS) is 10.1. The van der Waals surface area contributed by atoms with E-state index >= 15 is 0 Å². The van der Waals surface area contributed by atoms with Crippen molar-refractivity contribution in [1.29, 1.82) is 0 Å². The molecule has 2 aromatic heterocycles. The minimum atomic E-state index is 0.0685. The predicted molar refractivity (Wildman–Crippen MR) is 73.5 cm³/mol. The topological polar surface area (TPSA) is 66.9 Å². The summed E-state index contributed by atoms with van der Waals surface area (Å²) in [7, 11) is 0. The summed E-state index contributed by atoms with van der Waals surface area (Å²) in [5, 5.41) is 9.17. The first-order chi connectivity index (χ1) is 8.63. The minimum Gasteiger partial charge on any atom is -0.363 e. The predicted octanol–water partition coefficient (Wildman–Crippen LogP) is 2.59. The van der Waals surface area contributed by atoms with E-state index in [0.717, 1.165) is 10.8 Å². The Bertz CT molecular complexity index is 539. The maximum atomic E-state index is 10.9. The van der Waals surface area contributed by atoms with Crippen LogP contribution >= 0.6 is 11.3 Å². The van der Waals surface area contributed by atoms with Crippen LogP contribution in [0.15, 0.2) is 23.6 Å². The van der Waals surface area contributed by atoms with Crippen molar-refractivity contribution in [3.8, 4) is 0 Å². The molecule has 0 aromatic carbocycles. The Morgan fingerprint density at radius 2 is 2.17 bits per heavy atom. The Morgan fingerprint density at radius 1 is 1.39 bits per heavy atom. The van der Waals surface area contributed by atoms with Crippen molar-refractivity contribution < 1.29 is 4.79 Å². The summed E-state index contributed by atoms with van der Waals surface area (Å²) in [4.78, 5) is 19.4. The number of carbonyl (C=O) groups excluding carboxylic acids is 1. The van der Waals surface area contributed by atoms with E-state index in [9.17, 15) is 4.79 Å². The highest BCUT2D eigenvalue weighted by molar-refractivity contribution is 7.14. The Labute approximate surface area is 109 Å². The summed E-state index contributed by atoms with van der Waals surface area (Å²) < 4.78 is 0. The number of anilines is 3. The molecular weight excluding hydrogens is 248 g/mol. The van der Waals surface area contributed by atoms with E-state index in [1.54, 1.807) is 17.4 Å². The van der Waals surface area contributed by atoms with Crippen LogP contribution in [-0.2, 0) is 4.79 Å². The van der Waals surface area contributed by atoms with Crippen molar-refractivity contribution in [1.82, 2.24) is 9.97 Å². The largest absolute Gasteiger partial charge is 0.363 e. The zero-order valence-corrected chi connectivity index (χ0v) is 11.0. The number of ketones is 1. The number of Topliss-reactive ketones (excluding diaryl/α,β-unsaturated/α-hetero) is 1. The van der Waals surface area contributed by atoms with E-state index in [0.29, 0.717) is 11.6 Å². The fourth-order valence-electron chi connectivity index (χ4n) is 1.41. The lowest BCUT2D eigenvalue weighted by Crippen LogP contribution is -2.12. The van der Waals surface area contributed by atoms with Gasteiger partial charge in [0.15, 0.2) is 0 Å². The molecule has 0 fully saturated rings. The summed E-state index contributed by atoms with van der Waals surface area (Å²) in [6.07, 6.45) is 0. The zero-order chi connectivity index (χ0) is 13.0. The fourth-order valence-corrected chi connectivity index (χ4v) is 2.04. The van der Waals surface area contributed by atoms with Gasteiger partial charge in [-0.3, -0.25) is 4.79 Å². The van der Waals surface area contributed by atoms with Gasteiger partial charge in [-0.1, -0.05) is 0 Å². The second-order valence-corrected chi connectivity index (χ2v) is 4.79. The molecule has 0 spiro atoms. The average molecular weight is 262 g/mol.